The molecule has 1 rings (SSSR count). The fraction of sp³-hybridized carbons (Fsp3) is 0.529. The second kappa shape index (κ2) is 8.82. The van der Waals surface area contributed by atoms with Gasteiger partial charge in [0.1, 0.15) is 6.04 Å². The molecule has 0 fully saturated rings. The molecule has 6 nitrogen and oxygen atoms in total. The van der Waals surface area contributed by atoms with E-state index in [9.17, 15) is 18.0 Å². The number of hydrogen-bond donors (Lipinski definition) is 2. The van der Waals surface area contributed by atoms with Crippen LogP contribution in [-0.2, 0) is 14.6 Å². The second-order valence-electron chi connectivity index (χ2n) is 6.19. The SMILES string of the molecule is CCCCS(=O)(=O)c1ccc(C(=O)NC(CC(C)C)C(=O)O)cc1. The maximum Gasteiger partial charge on any atom is 0.326 e. The van der Waals surface area contributed by atoms with Gasteiger partial charge in [0.15, 0.2) is 9.84 Å². The molecule has 1 aromatic rings. The average Bonchev–Trinajstić information content (AvgIpc) is 2.52. The lowest BCUT2D eigenvalue weighted by molar-refractivity contribution is -0.139. The maximum absolute atomic E-state index is 12.2. The van der Waals surface area contributed by atoms with Crippen molar-refractivity contribution in [2.24, 2.45) is 5.92 Å². The van der Waals surface area contributed by atoms with Crippen LogP contribution in [0.3, 0.4) is 0 Å². The summed E-state index contributed by atoms with van der Waals surface area (Å²) in [5, 5.41) is 11.6. The molecule has 1 unspecified atom stereocenters. The minimum Gasteiger partial charge on any atom is -0.480 e. The summed E-state index contributed by atoms with van der Waals surface area (Å²) in [5.41, 5.74) is 0.236. The summed E-state index contributed by atoms with van der Waals surface area (Å²) in [5.74, 6) is -1.42. The highest BCUT2D eigenvalue weighted by atomic mass is 32.2. The molecule has 2 N–H and O–H groups in total. The Kier molecular flexibility index (Phi) is 7.41. The molecule has 0 aromatic heterocycles. The molecule has 0 aliphatic rings. The summed E-state index contributed by atoms with van der Waals surface area (Å²) in [6.45, 7) is 5.66. The predicted octanol–water partition coefficient (Wildman–Crippen LogP) is 2.49. The number of unbranched alkanes of at least 4 members (excludes halogenated alkanes) is 1. The van der Waals surface area contributed by atoms with Gasteiger partial charge >= 0.3 is 5.97 Å². The van der Waals surface area contributed by atoms with Gasteiger partial charge in [0, 0.05) is 5.56 Å². The summed E-state index contributed by atoms with van der Waals surface area (Å²) in [6.07, 6.45) is 1.69. The van der Waals surface area contributed by atoms with E-state index in [1.54, 1.807) is 0 Å². The van der Waals surface area contributed by atoms with E-state index < -0.39 is 27.8 Å². The van der Waals surface area contributed by atoms with Crippen molar-refractivity contribution in [3.63, 3.8) is 0 Å². The van der Waals surface area contributed by atoms with E-state index in [2.05, 4.69) is 5.32 Å². The van der Waals surface area contributed by atoms with Crippen LogP contribution in [0.5, 0.6) is 0 Å². The van der Waals surface area contributed by atoms with E-state index in [0.29, 0.717) is 12.8 Å². The predicted molar refractivity (Wildman–Crippen MR) is 91.7 cm³/mol. The van der Waals surface area contributed by atoms with Gasteiger partial charge in [0.2, 0.25) is 0 Å². The minimum atomic E-state index is -3.34. The van der Waals surface area contributed by atoms with Gasteiger partial charge < -0.3 is 10.4 Å². The molecule has 0 saturated heterocycles. The van der Waals surface area contributed by atoms with Crippen molar-refractivity contribution in [1.29, 1.82) is 0 Å². The van der Waals surface area contributed by atoms with Gasteiger partial charge in [-0.25, -0.2) is 13.2 Å². The number of amides is 1. The van der Waals surface area contributed by atoms with E-state index >= 15 is 0 Å². The number of aliphatic carboxylic acids is 1. The third-order valence-corrected chi connectivity index (χ3v) is 5.37. The fourth-order valence-corrected chi connectivity index (χ4v) is 3.66. The molecular weight excluding hydrogens is 330 g/mol. The number of carbonyl (C=O) groups is 2. The number of sulfone groups is 1. The molecule has 0 radical (unpaired) electrons. The Morgan fingerprint density at radius 3 is 2.21 bits per heavy atom. The highest BCUT2D eigenvalue weighted by molar-refractivity contribution is 7.91. The van der Waals surface area contributed by atoms with Crippen molar-refractivity contribution in [1.82, 2.24) is 5.32 Å². The highest BCUT2D eigenvalue weighted by Gasteiger charge is 2.22. The number of hydrogen-bond acceptors (Lipinski definition) is 4. The van der Waals surface area contributed by atoms with E-state index in [4.69, 9.17) is 5.11 Å². The van der Waals surface area contributed by atoms with E-state index in [-0.39, 0.29) is 22.1 Å². The Balaban J connectivity index is 2.84. The van der Waals surface area contributed by atoms with Crippen LogP contribution >= 0.6 is 0 Å². The van der Waals surface area contributed by atoms with Crippen LogP contribution in [0.25, 0.3) is 0 Å². The second-order valence-corrected chi connectivity index (χ2v) is 8.30. The summed E-state index contributed by atoms with van der Waals surface area (Å²) < 4.78 is 24.2. The van der Waals surface area contributed by atoms with Crippen molar-refractivity contribution in [2.45, 2.75) is 51.0 Å². The molecule has 0 saturated carbocycles. The fourth-order valence-electron chi connectivity index (χ4n) is 2.20. The third-order valence-electron chi connectivity index (χ3n) is 3.55. The number of nitrogens with one attached hydrogen (secondary N) is 1. The van der Waals surface area contributed by atoms with E-state index in [1.165, 1.54) is 24.3 Å². The van der Waals surface area contributed by atoms with Crippen LogP contribution < -0.4 is 5.32 Å². The lowest BCUT2D eigenvalue weighted by Gasteiger charge is -2.16. The standard InChI is InChI=1S/C17H25NO5S/c1-4-5-10-24(22,23)14-8-6-13(7-9-14)16(19)18-15(17(20)21)11-12(2)3/h6-9,12,15H,4-5,10-11H2,1-3H3,(H,18,19)(H,20,21). The van der Waals surface area contributed by atoms with E-state index in [0.717, 1.165) is 6.42 Å². The smallest absolute Gasteiger partial charge is 0.326 e. The number of benzene rings is 1. The number of carbonyl (C=O) groups excluding carboxylic acids is 1. The number of carboxylic acid groups (broad SMARTS) is 1. The van der Waals surface area contributed by atoms with Crippen LogP contribution in [0.2, 0.25) is 0 Å². The van der Waals surface area contributed by atoms with Crippen molar-refractivity contribution < 1.29 is 23.1 Å². The molecule has 7 heteroatoms. The van der Waals surface area contributed by atoms with Crippen molar-refractivity contribution in [3.8, 4) is 0 Å². The van der Waals surface area contributed by atoms with Gasteiger partial charge in [0.25, 0.3) is 5.91 Å². The average molecular weight is 355 g/mol. The van der Waals surface area contributed by atoms with Crippen LogP contribution in [0.15, 0.2) is 29.2 Å². The molecule has 0 aliphatic carbocycles. The summed E-state index contributed by atoms with van der Waals surface area (Å²) in [7, 11) is -3.34. The Hall–Kier alpha value is -1.89. The lowest BCUT2D eigenvalue weighted by atomic mass is 10.0. The van der Waals surface area contributed by atoms with Gasteiger partial charge in [-0.05, 0) is 43.0 Å². The van der Waals surface area contributed by atoms with Crippen LogP contribution in [0.1, 0.15) is 50.4 Å². The molecule has 0 heterocycles. The van der Waals surface area contributed by atoms with Crippen molar-refractivity contribution in [3.05, 3.63) is 29.8 Å². The Morgan fingerprint density at radius 2 is 1.75 bits per heavy atom. The normalized spacial score (nSPS) is 12.8. The van der Waals surface area contributed by atoms with Crippen molar-refractivity contribution >= 4 is 21.7 Å². The Labute approximate surface area is 143 Å². The summed E-state index contributed by atoms with van der Waals surface area (Å²) in [4.78, 5) is 23.5. The Morgan fingerprint density at radius 1 is 1.17 bits per heavy atom. The maximum atomic E-state index is 12.2. The minimum absolute atomic E-state index is 0.0739. The zero-order chi connectivity index (χ0) is 18.3. The monoisotopic (exact) mass is 355 g/mol. The summed E-state index contributed by atoms with van der Waals surface area (Å²) >= 11 is 0. The molecule has 1 amide bonds. The topological polar surface area (TPSA) is 101 Å². The van der Waals surface area contributed by atoms with Crippen LogP contribution in [-0.4, -0.2) is 37.2 Å². The van der Waals surface area contributed by atoms with Crippen LogP contribution in [0.4, 0.5) is 0 Å². The first-order valence-electron chi connectivity index (χ1n) is 8.04. The number of rotatable bonds is 9. The molecule has 1 aromatic carbocycles. The molecule has 0 bridgehead atoms. The van der Waals surface area contributed by atoms with Gasteiger partial charge in [-0.2, -0.15) is 0 Å². The molecule has 0 aliphatic heterocycles. The quantitative estimate of drug-likeness (QED) is 0.709. The van der Waals surface area contributed by atoms with Gasteiger partial charge in [0.05, 0.1) is 10.6 Å². The summed E-state index contributed by atoms with van der Waals surface area (Å²) in [6, 6.07) is 4.62. The highest BCUT2D eigenvalue weighted by Crippen LogP contribution is 2.14. The first-order chi connectivity index (χ1) is 11.2. The van der Waals surface area contributed by atoms with Gasteiger partial charge in [-0.1, -0.05) is 27.2 Å². The zero-order valence-corrected chi connectivity index (χ0v) is 15.1. The molecule has 24 heavy (non-hydrogen) atoms. The molecule has 0 spiro atoms. The van der Waals surface area contributed by atoms with Crippen LogP contribution in [0, 0.1) is 5.92 Å². The lowest BCUT2D eigenvalue weighted by Crippen LogP contribution is -2.41. The molecule has 134 valence electrons. The largest absolute Gasteiger partial charge is 0.480 e. The van der Waals surface area contributed by atoms with Gasteiger partial charge in [-0.15, -0.1) is 0 Å². The van der Waals surface area contributed by atoms with Crippen molar-refractivity contribution in [2.75, 3.05) is 5.75 Å². The molecule has 1 atom stereocenters. The zero-order valence-electron chi connectivity index (χ0n) is 14.3. The first-order valence-corrected chi connectivity index (χ1v) is 9.69. The molecular formula is C17H25NO5S. The van der Waals surface area contributed by atoms with E-state index in [1.807, 2.05) is 20.8 Å². The Bertz CT molecular complexity index is 665. The van der Waals surface area contributed by atoms with Gasteiger partial charge in [-0.3, -0.25) is 4.79 Å². The third kappa shape index (κ3) is 5.96. The first kappa shape index (κ1) is 20.2. The number of carboxylic acids is 1.